The molecule has 2 amide bonds. The van der Waals surface area contributed by atoms with Crippen molar-refractivity contribution in [2.45, 2.75) is 27.0 Å². The standard InChI is InChI=1S/C18H20N2O3/c1-12-7-8-13(2)16(9-12)20-18(23)17(22)19-10-14-5-3-4-6-15(14)11-21/h3-9,21H,10-11H2,1-2H3,(H,19,22)(H,20,23). The Morgan fingerprint density at radius 1 is 1.00 bits per heavy atom. The van der Waals surface area contributed by atoms with E-state index in [2.05, 4.69) is 10.6 Å². The first kappa shape index (κ1) is 16.7. The summed E-state index contributed by atoms with van der Waals surface area (Å²) in [5.74, 6) is -1.42. The maximum atomic E-state index is 12.0. The Kier molecular flexibility index (Phi) is 5.49. The number of aliphatic hydroxyl groups excluding tert-OH is 1. The molecule has 0 heterocycles. The van der Waals surface area contributed by atoms with Gasteiger partial charge in [-0.1, -0.05) is 36.4 Å². The van der Waals surface area contributed by atoms with Crippen LogP contribution in [0, 0.1) is 13.8 Å². The van der Waals surface area contributed by atoms with Crippen LogP contribution in [-0.4, -0.2) is 16.9 Å². The van der Waals surface area contributed by atoms with Gasteiger partial charge in [0.25, 0.3) is 0 Å². The Morgan fingerprint density at radius 2 is 1.70 bits per heavy atom. The van der Waals surface area contributed by atoms with Crippen molar-refractivity contribution < 1.29 is 14.7 Å². The number of nitrogens with one attached hydrogen (secondary N) is 2. The molecule has 0 aliphatic heterocycles. The molecular formula is C18H20N2O3. The van der Waals surface area contributed by atoms with E-state index in [4.69, 9.17) is 0 Å². The number of carbonyl (C=O) groups is 2. The average molecular weight is 312 g/mol. The molecule has 0 aliphatic rings. The molecule has 0 radical (unpaired) electrons. The van der Waals surface area contributed by atoms with Crippen LogP contribution < -0.4 is 10.6 Å². The Morgan fingerprint density at radius 3 is 2.39 bits per heavy atom. The zero-order chi connectivity index (χ0) is 16.8. The van der Waals surface area contributed by atoms with E-state index in [1.165, 1.54) is 0 Å². The summed E-state index contributed by atoms with van der Waals surface area (Å²) < 4.78 is 0. The van der Waals surface area contributed by atoms with Crippen molar-refractivity contribution in [2.24, 2.45) is 0 Å². The van der Waals surface area contributed by atoms with Gasteiger partial charge >= 0.3 is 11.8 Å². The van der Waals surface area contributed by atoms with Gasteiger partial charge in [0, 0.05) is 12.2 Å². The molecule has 0 aliphatic carbocycles. The average Bonchev–Trinajstić information content (AvgIpc) is 2.56. The molecule has 5 nitrogen and oxygen atoms in total. The third kappa shape index (κ3) is 4.40. The predicted molar refractivity (Wildman–Crippen MR) is 88.8 cm³/mol. The van der Waals surface area contributed by atoms with Gasteiger partial charge in [-0.05, 0) is 42.2 Å². The van der Waals surface area contributed by atoms with Gasteiger partial charge in [0.15, 0.2) is 0 Å². The Bertz CT molecular complexity index is 726. The molecule has 0 saturated carbocycles. The van der Waals surface area contributed by atoms with Crippen molar-refractivity contribution in [3.8, 4) is 0 Å². The lowest BCUT2D eigenvalue weighted by atomic mass is 10.1. The number of anilines is 1. The molecule has 0 fully saturated rings. The molecule has 2 rings (SSSR count). The number of aryl methyl sites for hydroxylation is 2. The second-order valence-corrected chi connectivity index (χ2v) is 5.38. The topological polar surface area (TPSA) is 78.4 Å². The molecule has 0 spiro atoms. The summed E-state index contributed by atoms with van der Waals surface area (Å²) in [6.45, 7) is 3.86. The predicted octanol–water partition coefficient (Wildman–Crippen LogP) is 2.05. The minimum Gasteiger partial charge on any atom is -0.392 e. The van der Waals surface area contributed by atoms with Crippen LogP contribution in [0.5, 0.6) is 0 Å². The number of aliphatic hydroxyl groups is 1. The summed E-state index contributed by atoms with van der Waals surface area (Å²) >= 11 is 0. The highest BCUT2D eigenvalue weighted by atomic mass is 16.3. The number of amides is 2. The summed E-state index contributed by atoms with van der Waals surface area (Å²) in [6, 6.07) is 12.9. The van der Waals surface area contributed by atoms with Crippen LogP contribution in [0.4, 0.5) is 5.69 Å². The lowest BCUT2D eigenvalue weighted by Gasteiger charge is -2.11. The summed E-state index contributed by atoms with van der Waals surface area (Å²) in [6.07, 6.45) is 0. The third-order valence-electron chi connectivity index (χ3n) is 3.58. The number of carbonyl (C=O) groups excluding carboxylic acids is 2. The minimum absolute atomic E-state index is 0.110. The van der Waals surface area contributed by atoms with Crippen molar-refractivity contribution >= 4 is 17.5 Å². The summed E-state index contributed by atoms with van der Waals surface area (Å²) in [5, 5.41) is 14.4. The number of rotatable bonds is 4. The van der Waals surface area contributed by atoms with Gasteiger partial charge in [0.1, 0.15) is 0 Å². The maximum Gasteiger partial charge on any atom is 0.313 e. The van der Waals surface area contributed by atoms with Crippen LogP contribution in [0.3, 0.4) is 0 Å². The fourth-order valence-electron chi connectivity index (χ4n) is 2.19. The van der Waals surface area contributed by atoms with E-state index in [1.54, 1.807) is 12.1 Å². The Hall–Kier alpha value is -2.66. The zero-order valence-corrected chi connectivity index (χ0v) is 13.2. The number of hydrogen-bond donors (Lipinski definition) is 3. The SMILES string of the molecule is Cc1ccc(C)c(NC(=O)C(=O)NCc2ccccc2CO)c1. The first-order valence-electron chi connectivity index (χ1n) is 7.35. The van der Waals surface area contributed by atoms with Crippen LogP contribution in [0.15, 0.2) is 42.5 Å². The molecule has 0 aromatic heterocycles. The number of benzene rings is 2. The van der Waals surface area contributed by atoms with Crippen LogP contribution in [0.1, 0.15) is 22.3 Å². The van der Waals surface area contributed by atoms with Gasteiger partial charge in [-0.15, -0.1) is 0 Å². The number of hydrogen-bond acceptors (Lipinski definition) is 3. The van der Waals surface area contributed by atoms with Gasteiger partial charge in [0.05, 0.1) is 6.61 Å². The third-order valence-corrected chi connectivity index (χ3v) is 3.58. The van der Waals surface area contributed by atoms with E-state index >= 15 is 0 Å². The van der Waals surface area contributed by atoms with E-state index in [0.29, 0.717) is 5.69 Å². The van der Waals surface area contributed by atoms with Gasteiger partial charge in [-0.3, -0.25) is 9.59 Å². The largest absolute Gasteiger partial charge is 0.392 e. The fraction of sp³-hybridized carbons (Fsp3) is 0.222. The molecule has 2 aromatic rings. The molecule has 23 heavy (non-hydrogen) atoms. The molecule has 0 bridgehead atoms. The first-order chi connectivity index (χ1) is 11.0. The fourth-order valence-corrected chi connectivity index (χ4v) is 2.19. The Labute approximate surface area is 135 Å². The van der Waals surface area contributed by atoms with E-state index in [9.17, 15) is 14.7 Å². The smallest absolute Gasteiger partial charge is 0.313 e. The van der Waals surface area contributed by atoms with Crippen LogP contribution >= 0.6 is 0 Å². The van der Waals surface area contributed by atoms with E-state index in [0.717, 1.165) is 22.3 Å². The van der Waals surface area contributed by atoms with E-state index in [-0.39, 0.29) is 13.2 Å². The van der Waals surface area contributed by atoms with Crippen molar-refractivity contribution in [3.63, 3.8) is 0 Å². The molecule has 120 valence electrons. The maximum absolute atomic E-state index is 12.0. The quantitative estimate of drug-likeness (QED) is 0.756. The molecule has 5 heteroatoms. The van der Waals surface area contributed by atoms with Crippen molar-refractivity contribution in [2.75, 3.05) is 5.32 Å². The van der Waals surface area contributed by atoms with E-state index < -0.39 is 11.8 Å². The minimum atomic E-state index is -0.710. The summed E-state index contributed by atoms with van der Waals surface area (Å²) in [5.41, 5.74) is 4.03. The van der Waals surface area contributed by atoms with Crippen LogP contribution in [0.2, 0.25) is 0 Å². The molecule has 0 unspecified atom stereocenters. The van der Waals surface area contributed by atoms with Crippen molar-refractivity contribution in [1.82, 2.24) is 5.32 Å². The van der Waals surface area contributed by atoms with Crippen molar-refractivity contribution in [1.29, 1.82) is 0 Å². The van der Waals surface area contributed by atoms with Gasteiger partial charge in [-0.2, -0.15) is 0 Å². The lowest BCUT2D eigenvalue weighted by molar-refractivity contribution is -0.136. The Balaban J connectivity index is 1.98. The van der Waals surface area contributed by atoms with Crippen LogP contribution in [0.25, 0.3) is 0 Å². The van der Waals surface area contributed by atoms with Gasteiger partial charge in [-0.25, -0.2) is 0 Å². The highest BCUT2D eigenvalue weighted by Gasteiger charge is 2.15. The molecular weight excluding hydrogens is 292 g/mol. The molecule has 3 N–H and O–H groups in total. The van der Waals surface area contributed by atoms with E-state index in [1.807, 2.05) is 44.2 Å². The highest BCUT2D eigenvalue weighted by molar-refractivity contribution is 6.39. The molecule has 0 saturated heterocycles. The monoisotopic (exact) mass is 312 g/mol. The van der Waals surface area contributed by atoms with Crippen LogP contribution in [-0.2, 0) is 22.7 Å². The van der Waals surface area contributed by atoms with Crippen molar-refractivity contribution in [3.05, 3.63) is 64.7 Å². The lowest BCUT2D eigenvalue weighted by Crippen LogP contribution is -2.35. The highest BCUT2D eigenvalue weighted by Crippen LogP contribution is 2.16. The summed E-state index contributed by atoms with van der Waals surface area (Å²) in [7, 11) is 0. The second-order valence-electron chi connectivity index (χ2n) is 5.38. The normalized spacial score (nSPS) is 10.2. The second kappa shape index (κ2) is 7.56. The summed E-state index contributed by atoms with van der Waals surface area (Å²) in [4.78, 5) is 23.9. The van der Waals surface area contributed by atoms with Gasteiger partial charge < -0.3 is 15.7 Å². The molecule has 0 atom stereocenters. The van der Waals surface area contributed by atoms with Gasteiger partial charge in [0.2, 0.25) is 0 Å². The first-order valence-corrected chi connectivity index (χ1v) is 7.35. The zero-order valence-electron chi connectivity index (χ0n) is 13.2. The molecule has 2 aromatic carbocycles.